The molecular formula is C13H10N4O2. The first-order valence-corrected chi connectivity index (χ1v) is 5.62. The van der Waals surface area contributed by atoms with E-state index in [9.17, 15) is 4.79 Å². The van der Waals surface area contributed by atoms with Gasteiger partial charge in [0.1, 0.15) is 12.1 Å². The molecule has 0 atom stereocenters. The molecule has 3 aromatic heterocycles. The normalized spacial score (nSPS) is 10.3. The Hall–Kier alpha value is -2.89. The van der Waals surface area contributed by atoms with E-state index in [4.69, 9.17) is 4.42 Å². The molecule has 94 valence electrons. The van der Waals surface area contributed by atoms with Crippen LogP contribution in [0.5, 0.6) is 0 Å². The summed E-state index contributed by atoms with van der Waals surface area (Å²) in [5, 5.41) is 2.70. The van der Waals surface area contributed by atoms with Crippen LogP contribution >= 0.6 is 0 Å². The Kier molecular flexibility index (Phi) is 2.82. The molecule has 0 spiro atoms. The number of nitrogens with one attached hydrogen (secondary N) is 1. The Morgan fingerprint density at radius 1 is 1.32 bits per heavy atom. The molecule has 0 saturated heterocycles. The Morgan fingerprint density at radius 3 is 2.89 bits per heavy atom. The summed E-state index contributed by atoms with van der Waals surface area (Å²) in [5.41, 5.74) is 0.602. The van der Waals surface area contributed by atoms with E-state index in [0.29, 0.717) is 5.69 Å². The van der Waals surface area contributed by atoms with E-state index in [1.165, 1.54) is 6.26 Å². The number of carbonyl (C=O) groups excluding carboxylic acids is 1. The lowest BCUT2D eigenvalue weighted by Gasteiger charge is -2.04. The third kappa shape index (κ3) is 2.37. The fourth-order valence-electron chi connectivity index (χ4n) is 1.61. The predicted molar refractivity (Wildman–Crippen MR) is 68.0 cm³/mol. The molecule has 0 unspecified atom stereocenters. The summed E-state index contributed by atoms with van der Waals surface area (Å²) in [5.74, 6) is 0.689. The second kappa shape index (κ2) is 4.77. The molecule has 3 heterocycles. The van der Waals surface area contributed by atoms with Crippen LogP contribution in [0.15, 0.2) is 59.9 Å². The number of aromatic nitrogens is 3. The van der Waals surface area contributed by atoms with Crippen LogP contribution in [0.1, 0.15) is 10.6 Å². The van der Waals surface area contributed by atoms with Crippen molar-refractivity contribution in [1.82, 2.24) is 14.5 Å². The minimum atomic E-state index is -0.304. The van der Waals surface area contributed by atoms with Crippen LogP contribution in [0.3, 0.4) is 0 Å². The van der Waals surface area contributed by atoms with Crippen LogP contribution in [0.4, 0.5) is 5.69 Å². The van der Waals surface area contributed by atoms with Crippen LogP contribution in [0.2, 0.25) is 0 Å². The van der Waals surface area contributed by atoms with Crippen molar-refractivity contribution < 1.29 is 9.21 Å². The summed E-state index contributed by atoms with van der Waals surface area (Å²) in [6.07, 6.45) is 8.16. The maximum absolute atomic E-state index is 11.7. The van der Waals surface area contributed by atoms with Crippen molar-refractivity contribution >= 4 is 11.6 Å². The molecule has 19 heavy (non-hydrogen) atoms. The standard InChI is InChI=1S/C13H10N4O2/c18-13(11-2-1-7-19-11)16-10-3-4-12(15-8-10)17-6-5-14-9-17/h1-9H,(H,16,18). The van der Waals surface area contributed by atoms with Crippen LogP contribution in [-0.4, -0.2) is 20.4 Å². The average Bonchev–Trinajstić information content (AvgIpc) is 3.13. The number of carbonyl (C=O) groups is 1. The van der Waals surface area contributed by atoms with Crippen molar-refractivity contribution in [1.29, 1.82) is 0 Å². The van der Waals surface area contributed by atoms with Gasteiger partial charge in [0, 0.05) is 12.4 Å². The summed E-state index contributed by atoms with van der Waals surface area (Å²) in [4.78, 5) is 19.9. The highest BCUT2D eigenvalue weighted by atomic mass is 16.3. The van der Waals surface area contributed by atoms with Crippen LogP contribution in [0.25, 0.3) is 5.82 Å². The fraction of sp³-hybridized carbons (Fsp3) is 0. The topological polar surface area (TPSA) is 73.0 Å². The van der Waals surface area contributed by atoms with E-state index in [1.807, 2.05) is 0 Å². The molecule has 3 aromatic rings. The third-order valence-electron chi connectivity index (χ3n) is 2.52. The quantitative estimate of drug-likeness (QED) is 0.776. The van der Waals surface area contributed by atoms with Gasteiger partial charge < -0.3 is 9.73 Å². The zero-order chi connectivity index (χ0) is 13.1. The van der Waals surface area contributed by atoms with E-state index in [2.05, 4.69) is 15.3 Å². The van der Waals surface area contributed by atoms with Crippen LogP contribution < -0.4 is 5.32 Å². The van der Waals surface area contributed by atoms with Crippen molar-refractivity contribution in [2.45, 2.75) is 0 Å². The van der Waals surface area contributed by atoms with Gasteiger partial charge in [0.25, 0.3) is 5.91 Å². The van der Waals surface area contributed by atoms with E-state index in [0.717, 1.165) is 5.82 Å². The molecule has 0 saturated carbocycles. The molecule has 6 nitrogen and oxygen atoms in total. The van der Waals surface area contributed by atoms with Gasteiger partial charge in [-0.15, -0.1) is 0 Å². The Bertz CT molecular complexity index is 657. The van der Waals surface area contributed by atoms with Gasteiger partial charge in [-0.1, -0.05) is 0 Å². The molecule has 0 radical (unpaired) electrons. The first kappa shape index (κ1) is 11.2. The van der Waals surface area contributed by atoms with Gasteiger partial charge in [-0.05, 0) is 24.3 Å². The van der Waals surface area contributed by atoms with E-state index in [1.54, 1.807) is 53.8 Å². The second-order valence-electron chi connectivity index (χ2n) is 3.81. The lowest BCUT2D eigenvalue weighted by molar-refractivity contribution is 0.0996. The van der Waals surface area contributed by atoms with Gasteiger partial charge in [-0.2, -0.15) is 0 Å². The van der Waals surface area contributed by atoms with E-state index < -0.39 is 0 Å². The molecule has 0 fully saturated rings. The molecule has 6 heteroatoms. The minimum Gasteiger partial charge on any atom is -0.459 e. The highest BCUT2D eigenvalue weighted by Crippen LogP contribution is 2.11. The number of hydrogen-bond donors (Lipinski definition) is 1. The average molecular weight is 254 g/mol. The molecule has 1 amide bonds. The lowest BCUT2D eigenvalue weighted by atomic mass is 10.3. The summed E-state index contributed by atoms with van der Waals surface area (Å²) in [6, 6.07) is 6.82. The summed E-state index contributed by atoms with van der Waals surface area (Å²) in [6.45, 7) is 0. The highest BCUT2D eigenvalue weighted by Gasteiger charge is 2.08. The van der Waals surface area contributed by atoms with Gasteiger partial charge in [-0.25, -0.2) is 9.97 Å². The first-order valence-electron chi connectivity index (χ1n) is 5.62. The van der Waals surface area contributed by atoms with Gasteiger partial charge in [-0.3, -0.25) is 9.36 Å². The fourth-order valence-corrected chi connectivity index (χ4v) is 1.61. The maximum Gasteiger partial charge on any atom is 0.291 e. The molecule has 1 N–H and O–H groups in total. The van der Waals surface area contributed by atoms with Gasteiger partial charge >= 0.3 is 0 Å². The predicted octanol–water partition coefficient (Wildman–Crippen LogP) is 2.11. The zero-order valence-electron chi connectivity index (χ0n) is 9.85. The molecule has 3 rings (SSSR count). The largest absolute Gasteiger partial charge is 0.459 e. The SMILES string of the molecule is O=C(Nc1ccc(-n2ccnc2)nc1)c1ccco1. The molecule has 0 aliphatic carbocycles. The molecule has 0 aliphatic rings. The highest BCUT2D eigenvalue weighted by molar-refractivity contribution is 6.02. The Labute approximate surface area is 108 Å². The Balaban J connectivity index is 1.75. The number of imidazole rings is 1. The second-order valence-corrected chi connectivity index (χ2v) is 3.81. The minimum absolute atomic E-state index is 0.263. The number of pyridine rings is 1. The van der Waals surface area contributed by atoms with Gasteiger partial charge in [0.05, 0.1) is 18.1 Å². The van der Waals surface area contributed by atoms with Crippen LogP contribution in [-0.2, 0) is 0 Å². The zero-order valence-corrected chi connectivity index (χ0v) is 9.85. The number of hydrogen-bond acceptors (Lipinski definition) is 4. The number of amides is 1. The van der Waals surface area contributed by atoms with Crippen molar-refractivity contribution in [2.75, 3.05) is 5.32 Å². The summed E-state index contributed by atoms with van der Waals surface area (Å²) < 4.78 is 6.78. The number of furan rings is 1. The monoisotopic (exact) mass is 254 g/mol. The van der Waals surface area contributed by atoms with E-state index in [-0.39, 0.29) is 11.7 Å². The molecular weight excluding hydrogens is 244 g/mol. The van der Waals surface area contributed by atoms with Crippen LogP contribution in [0, 0.1) is 0 Å². The van der Waals surface area contributed by atoms with Crippen molar-refractivity contribution in [3.8, 4) is 5.82 Å². The number of rotatable bonds is 3. The van der Waals surface area contributed by atoms with E-state index >= 15 is 0 Å². The Morgan fingerprint density at radius 2 is 2.26 bits per heavy atom. The summed E-state index contributed by atoms with van der Waals surface area (Å²) >= 11 is 0. The molecule has 0 aromatic carbocycles. The summed E-state index contributed by atoms with van der Waals surface area (Å²) in [7, 11) is 0. The smallest absolute Gasteiger partial charge is 0.291 e. The first-order chi connectivity index (χ1) is 9.33. The third-order valence-corrected chi connectivity index (χ3v) is 2.52. The van der Waals surface area contributed by atoms with Crippen molar-refractivity contribution in [3.05, 3.63) is 61.2 Å². The van der Waals surface area contributed by atoms with Gasteiger partial charge in [0.2, 0.25) is 0 Å². The maximum atomic E-state index is 11.7. The van der Waals surface area contributed by atoms with Gasteiger partial charge in [0.15, 0.2) is 5.76 Å². The number of nitrogens with zero attached hydrogens (tertiary/aromatic N) is 3. The lowest BCUT2D eigenvalue weighted by Crippen LogP contribution is -2.11. The van der Waals surface area contributed by atoms with Crippen molar-refractivity contribution in [2.24, 2.45) is 0 Å². The molecule has 0 bridgehead atoms. The number of anilines is 1. The molecule has 0 aliphatic heterocycles. The van der Waals surface area contributed by atoms with Crippen molar-refractivity contribution in [3.63, 3.8) is 0 Å².